The average molecular weight is 216 g/mol. The molecule has 0 aromatic heterocycles. The molecule has 0 aliphatic carbocycles. The molecule has 3 fully saturated rings. The number of fused-ring (bicyclic) bond motifs is 4. The van der Waals surface area contributed by atoms with E-state index >= 15 is 0 Å². The maximum atomic E-state index is 5.83. The highest BCUT2D eigenvalue weighted by Gasteiger charge is 2.58. The highest BCUT2D eigenvalue weighted by molar-refractivity contribution is 4.99. The molecule has 0 amide bonds. The molecule has 15 heavy (non-hydrogen) atoms. The Morgan fingerprint density at radius 1 is 1.20 bits per heavy atom. The second kappa shape index (κ2) is 3.15. The van der Waals surface area contributed by atoms with Crippen molar-refractivity contribution in [3.63, 3.8) is 0 Å². The Hall–Kier alpha value is -0.200. The second-order valence-electron chi connectivity index (χ2n) is 4.64. The summed E-state index contributed by atoms with van der Waals surface area (Å²) in [5.41, 5.74) is 0. The SMILES string of the molecule is CO[C@H]1[C@@H]2OC[C@@H](O2)[C@@H]2OC(C)(C)O[C@@H]21. The van der Waals surface area contributed by atoms with E-state index < -0.39 is 5.79 Å². The fraction of sp³-hybridized carbons (Fsp3) is 1.00. The number of rotatable bonds is 1. The van der Waals surface area contributed by atoms with Crippen molar-refractivity contribution in [2.24, 2.45) is 0 Å². The molecule has 2 bridgehead atoms. The smallest absolute Gasteiger partial charge is 0.187 e. The van der Waals surface area contributed by atoms with Gasteiger partial charge in [-0.2, -0.15) is 0 Å². The van der Waals surface area contributed by atoms with Gasteiger partial charge in [0, 0.05) is 7.11 Å². The topological polar surface area (TPSA) is 46.2 Å². The number of methoxy groups -OCH3 is 1. The Morgan fingerprint density at radius 2 is 1.93 bits per heavy atom. The minimum absolute atomic E-state index is 0.0202. The molecule has 0 saturated carbocycles. The van der Waals surface area contributed by atoms with Gasteiger partial charge in [0.05, 0.1) is 6.61 Å². The minimum Gasteiger partial charge on any atom is -0.373 e. The molecule has 86 valence electrons. The first-order chi connectivity index (χ1) is 7.11. The van der Waals surface area contributed by atoms with Crippen LogP contribution in [0.5, 0.6) is 0 Å². The van der Waals surface area contributed by atoms with Crippen LogP contribution in [0.4, 0.5) is 0 Å². The molecule has 3 aliphatic rings. The predicted molar refractivity (Wildman–Crippen MR) is 49.2 cm³/mol. The fourth-order valence-corrected chi connectivity index (χ4v) is 2.54. The molecule has 0 spiro atoms. The van der Waals surface area contributed by atoms with Crippen LogP contribution in [0.2, 0.25) is 0 Å². The Kier molecular flexibility index (Phi) is 2.10. The van der Waals surface area contributed by atoms with E-state index in [9.17, 15) is 0 Å². The molecular formula is C10H16O5. The van der Waals surface area contributed by atoms with Gasteiger partial charge in [0.15, 0.2) is 12.1 Å². The monoisotopic (exact) mass is 216 g/mol. The van der Waals surface area contributed by atoms with Crippen LogP contribution < -0.4 is 0 Å². The van der Waals surface area contributed by atoms with Gasteiger partial charge in [-0.1, -0.05) is 0 Å². The summed E-state index contributed by atoms with van der Waals surface area (Å²) in [5.74, 6) is -0.556. The van der Waals surface area contributed by atoms with Crippen LogP contribution in [-0.4, -0.2) is 50.2 Å². The third-order valence-electron chi connectivity index (χ3n) is 3.13. The van der Waals surface area contributed by atoms with E-state index in [-0.39, 0.29) is 30.7 Å². The zero-order valence-electron chi connectivity index (χ0n) is 9.14. The Morgan fingerprint density at radius 3 is 2.67 bits per heavy atom. The van der Waals surface area contributed by atoms with Crippen LogP contribution >= 0.6 is 0 Å². The van der Waals surface area contributed by atoms with Gasteiger partial charge in [-0.05, 0) is 13.8 Å². The van der Waals surface area contributed by atoms with E-state index in [2.05, 4.69) is 0 Å². The lowest BCUT2D eigenvalue weighted by Gasteiger charge is -2.33. The van der Waals surface area contributed by atoms with E-state index in [1.54, 1.807) is 7.11 Å². The lowest BCUT2D eigenvalue weighted by molar-refractivity contribution is -0.213. The third-order valence-corrected chi connectivity index (χ3v) is 3.13. The lowest BCUT2D eigenvalue weighted by atomic mass is 10.0. The van der Waals surface area contributed by atoms with Crippen molar-refractivity contribution in [2.45, 2.75) is 50.3 Å². The highest BCUT2D eigenvalue weighted by Crippen LogP contribution is 2.41. The molecule has 0 radical (unpaired) electrons. The first kappa shape index (κ1) is 9.99. The summed E-state index contributed by atoms with van der Waals surface area (Å²) in [6.07, 6.45) is -0.692. The van der Waals surface area contributed by atoms with Crippen molar-refractivity contribution in [2.75, 3.05) is 13.7 Å². The zero-order valence-corrected chi connectivity index (χ0v) is 9.14. The molecule has 3 saturated heterocycles. The summed E-state index contributed by atoms with van der Waals surface area (Å²) in [4.78, 5) is 0. The largest absolute Gasteiger partial charge is 0.373 e. The molecule has 0 N–H and O–H groups in total. The van der Waals surface area contributed by atoms with Crippen molar-refractivity contribution >= 4 is 0 Å². The average Bonchev–Trinajstić information content (AvgIpc) is 2.70. The standard InChI is InChI=1S/C10H16O5/c1-10(2)14-6-5-4-12-9(13-5)8(11-3)7(6)15-10/h5-9H,4H2,1-3H3/t5-,6+,7+,8-,9-/m1/s1. The third kappa shape index (κ3) is 1.42. The van der Waals surface area contributed by atoms with E-state index in [0.717, 1.165) is 0 Å². The Balaban J connectivity index is 1.88. The van der Waals surface area contributed by atoms with Gasteiger partial charge in [-0.25, -0.2) is 0 Å². The van der Waals surface area contributed by atoms with Gasteiger partial charge in [0.2, 0.25) is 0 Å². The Bertz CT molecular complexity index is 267. The summed E-state index contributed by atoms with van der Waals surface area (Å²) in [7, 11) is 1.64. The van der Waals surface area contributed by atoms with E-state index in [4.69, 9.17) is 23.7 Å². The maximum Gasteiger partial charge on any atom is 0.187 e. The van der Waals surface area contributed by atoms with Crippen LogP contribution in [0.1, 0.15) is 13.8 Å². The van der Waals surface area contributed by atoms with Crippen molar-refractivity contribution < 1.29 is 23.7 Å². The van der Waals surface area contributed by atoms with Crippen LogP contribution in [0.3, 0.4) is 0 Å². The van der Waals surface area contributed by atoms with Crippen molar-refractivity contribution in [3.05, 3.63) is 0 Å². The first-order valence-corrected chi connectivity index (χ1v) is 5.26. The lowest BCUT2D eigenvalue weighted by Crippen LogP contribution is -2.53. The Labute approximate surface area is 88.6 Å². The maximum absolute atomic E-state index is 5.83. The molecule has 5 heteroatoms. The summed E-state index contributed by atoms with van der Waals surface area (Å²) < 4.78 is 28.1. The molecule has 5 atom stereocenters. The molecule has 3 rings (SSSR count). The molecule has 3 aliphatic heterocycles. The van der Waals surface area contributed by atoms with E-state index in [1.807, 2.05) is 13.8 Å². The molecular weight excluding hydrogens is 200 g/mol. The number of hydrogen-bond donors (Lipinski definition) is 0. The number of ether oxygens (including phenoxy) is 5. The molecule has 0 aromatic rings. The van der Waals surface area contributed by atoms with Gasteiger partial charge in [-0.3, -0.25) is 0 Å². The highest BCUT2D eigenvalue weighted by atomic mass is 16.8. The summed E-state index contributed by atoms with van der Waals surface area (Å²) in [6.45, 7) is 4.38. The van der Waals surface area contributed by atoms with E-state index in [0.29, 0.717) is 6.61 Å². The van der Waals surface area contributed by atoms with Gasteiger partial charge >= 0.3 is 0 Å². The first-order valence-electron chi connectivity index (χ1n) is 5.26. The van der Waals surface area contributed by atoms with Crippen molar-refractivity contribution in [1.82, 2.24) is 0 Å². The quantitative estimate of drug-likeness (QED) is 0.630. The van der Waals surface area contributed by atoms with Gasteiger partial charge < -0.3 is 23.7 Å². The predicted octanol–water partition coefficient (Wildman–Crippen LogP) is 0.277. The van der Waals surface area contributed by atoms with Crippen LogP contribution in [0.15, 0.2) is 0 Å². The minimum atomic E-state index is -0.556. The van der Waals surface area contributed by atoms with E-state index in [1.165, 1.54) is 0 Å². The van der Waals surface area contributed by atoms with Gasteiger partial charge in [0.1, 0.15) is 24.4 Å². The molecule has 0 unspecified atom stereocenters. The number of hydrogen-bond acceptors (Lipinski definition) is 5. The fourth-order valence-electron chi connectivity index (χ4n) is 2.54. The summed E-state index contributed by atoms with van der Waals surface area (Å²) in [5, 5.41) is 0. The molecule has 5 nitrogen and oxygen atoms in total. The molecule has 0 aromatic carbocycles. The second-order valence-corrected chi connectivity index (χ2v) is 4.64. The van der Waals surface area contributed by atoms with Gasteiger partial charge in [-0.15, -0.1) is 0 Å². The van der Waals surface area contributed by atoms with Crippen molar-refractivity contribution in [1.29, 1.82) is 0 Å². The van der Waals surface area contributed by atoms with Gasteiger partial charge in [0.25, 0.3) is 0 Å². The summed E-state index contributed by atoms with van der Waals surface area (Å²) >= 11 is 0. The summed E-state index contributed by atoms with van der Waals surface area (Å²) in [6, 6.07) is 0. The molecule has 3 heterocycles. The van der Waals surface area contributed by atoms with Crippen LogP contribution in [0.25, 0.3) is 0 Å². The van der Waals surface area contributed by atoms with Crippen LogP contribution in [0, 0.1) is 0 Å². The van der Waals surface area contributed by atoms with Crippen LogP contribution in [-0.2, 0) is 23.7 Å². The normalized spacial score (nSPS) is 51.8. The zero-order chi connectivity index (χ0) is 10.6. The van der Waals surface area contributed by atoms with Crippen molar-refractivity contribution in [3.8, 4) is 0 Å².